The van der Waals surface area contributed by atoms with Gasteiger partial charge in [0, 0.05) is 31.5 Å². The van der Waals surface area contributed by atoms with Crippen molar-refractivity contribution >= 4 is 16.9 Å². The second kappa shape index (κ2) is 6.42. The number of amides is 1. The van der Waals surface area contributed by atoms with Crippen LogP contribution in [0.2, 0.25) is 0 Å². The number of aliphatic hydroxyl groups excluding tert-OH is 1. The van der Waals surface area contributed by atoms with Crippen molar-refractivity contribution < 1.29 is 15.0 Å². The lowest BCUT2D eigenvalue weighted by Gasteiger charge is -2.48. The number of hydrogen-bond donors (Lipinski definition) is 2. The molecule has 1 atom stereocenters. The van der Waals surface area contributed by atoms with Crippen LogP contribution in [0.5, 0.6) is 0 Å². The van der Waals surface area contributed by atoms with Gasteiger partial charge in [0.05, 0.1) is 16.6 Å². The topological polar surface area (TPSA) is 78.6 Å². The van der Waals surface area contributed by atoms with Crippen LogP contribution in [0, 0.1) is 5.41 Å². The summed E-state index contributed by atoms with van der Waals surface area (Å²) in [5, 5.41) is 20.0. The van der Waals surface area contributed by atoms with Gasteiger partial charge in [-0.05, 0) is 25.5 Å². The standard InChI is InChI=1S/C19H27N3O3/c1-18(2)13-21(11-9-19(18,3)25)17(24)8-10-22-15-7-5-4-6-14(15)20-16(22)12-23/h4-7,23,25H,8-13H2,1-3H3/t19-/m0/s1. The third-order valence-electron chi connectivity index (χ3n) is 5.69. The average Bonchev–Trinajstić information content (AvgIpc) is 2.93. The van der Waals surface area contributed by atoms with Crippen LogP contribution in [-0.2, 0) is 17.9 Å². The second-order valence-electron chi connectivity index (χ2n) is 7.80. The number of hydrogen-bond acceptors (Lipinski definition) is 4. The molecule has 1 saturated heterocycles. The third-order valence-corrected chi connectivity index (χ3v) is 5.69. The van der Waals surface area contributed by atoms with E-state index in [0.29, 0.717) is 38.3 Å². The Kier molecular flexibility index (Phi) is 4.60. The number of aryl methyl sites for hydroxylation is 1. The van der Waals surface area contributed by atoms with E-state index < -0.39 is 5.60 Å². The van der Waals surface area contributed by atoms with E-state index in [1.54, 1.807) is 0 Å². The number of nitrogens with zero attached hydrogens (tertiary/aromatic N) is 3. The molecule has 2 aromatic rings. The van der Waals surface area contributed by atoms with Gasteiger partial charge in [-0.3, -0.25) is 4.79 Å². The Bertz CT molecular complexity index is 779. The molecular weight excluding hydrogens is 318 g/mol. The first kappa shape index (κ1) is 17.9. The van der Waals surface area contributed by atoms with Gasteiger partial charge in [-0.1, -0.05) is 26.0 Å². The smallest absolute Gasteiger partial charge is 0.224 e. The molecule has 1 aliphatic rings. The molecule has 1 aliphatic heterocycles. The molecule has 6 nitrogen and oxygen atoms in total. The largest absolute Gasteiger partial charge is 0.389 e. The van der Waals surface area contributed by atoms with Crippen molar-refractivity contribution in [3.05, 3.63) is 30.1 Å². The van der Waals surface area contributed by atoms with Gasteiger partial charge in [-0.25, -0.2) is 4.98 Å². The van der Waals surface area contributed by atoms with E-state index in [2.05, 4.69) is 4.98 Å². The van der Waals surface area contributed by atoms with E-state index in [-0.39, 0.29) is 17.9 Å². The Balaban J connectivity index is 1.71. The highest BCUT2D eigenvalue weighted by atomic mass is 16.3. The molecular formula is C19H27N3O3. The minimum absolute atomic E-state index is 0.0743. The Morgan fingerprint density at radius 2 is 2.00 bits per heavy atom. The summed E-state index contributed by atoms with van der Waals surface area (Å²) < 4.78 is 1.92. The number of benzene rings is 1. The SMILES string of the molecule is CC1(C)CN(C(=O)CCn2c(CO)nc3ccccc32)CC[C@]1(C)O. The minimum atomic E-state index is -0.756. The van der Waals surface area contributed by atoms with Crippen molar-refractivity contribution in [2.75, 3.05) is 13.1 Å². The van der Waals surface area contributed by atoms with E-state index in [1.807, 2.05) is 54.5 Å². The number of fused-ring (bicyclic) bond motifs is 1. The van der Waals surface area contributed by atoms with Gasteiger partial charge in [0.2, 0.25) is 5.91 Å². The Labute approximate surface area is 148 Å². The summed E-state index contributed by atoms with van der Waals surface area (Å²) in [5.41, 5.74) is 0.670. The maximum absolute atomic E-state index is 12.7. The first-order valence-corrected chi connectivity index (χ1v) is 8.80. The summed E-state index contributed by atoms with van der Waals surface area (Å²) in [5.74, 6) is 0.654. The molecule has 0 radical (unpaired) electrons. The predicted octanol–water partition coefficient (Wildman–Crippen LogP) is 1.93. The molecule has 6 heteroatoms. The molecule has 1 fully saturated rings. The highest BCUT2D eigenvalue weighted by Crippen LogP contribution is 2.38. The van der Waals surface area contributed by atoms with Gasteiger partial charge in [0.15, 0.2) is 0 Å². The highest BCUT2D eigenvalue weighted by molar-refractivity contribution is 5.78. The van der Waals surface area contributed by atoms with Crippen LogP contribution in [-0.4, -0.2) is 49.3 Å². The van der Waals surface area contributed by atoms with Crippen molar-refractivity contribution in [1.82, 2.24) is 14.5 Å². The number of carbonyl (C=O) groups excluding carboxylic acids is 1. The zero-order valence-electron chi connectivity index (χ0n) is 15.2. The van der Waals surface area contributed by atoms with Crippen LogP contribution < -0.4 is 0 Å². The predicted molar refractivity (Wildman–Crippen MR) is 95.9 cm³/mol. The van der Waals surface area contributed by atoms with E-state index >= 15 is 0 Å². The van der Waals surface area contributed by atoms with Crippen molar-refractivity contribution in [1.29, 1.82) is 0 Å². The highest BCUT2D eigenvalue weighted by Gasteiger charge is 2.44. The Hall–Kier alpha value is -1.92. The number of rotatable bonds is 4. The fourth-order valence-electron chi connectivity index (χ4n) is 3.49. The number of imidazole rings is 1. The molecule has 1 aromatic carbocycles. The summed E-state index contributed by atoms with van der Waals surface area (Å²) in [6.07, 6.45) is 0.938. The number of aliphatic hydroxyl groups is 2. The summed E-state index contributed by atoms with van der Waals surface area (Å²) in [6.45, 7) is 7.31. The van der Waals surface area contributed by atoms with Crippen molar-refractivity contribution in [2.24, 2.45) is 5.41 Å². The van der Waals surface area contributed by atoms with E-state index in [0.717, 1.165) is 11.0 Å². The molecule has 2 N–H and O–H groups in total. The fraction of sp³-hybridized carbons (Fsp3) is 0.579. The van der Waals surface area contributed by atoms with Crippen LogP contribution in [0.3, 0.4) is 0 Å². The fourth-order valence-corrected chi connectivity index (χ4v) is 3.49. The summed E-state index contributed by atoms with van der Waals surface area (Å²) in [4.78, 5) is 18.9. The maximum atomic E-state index is 12.7. The van der Waals surface area contributed by atoms with Crippen molar-refractivity contribution in [3.8, 4) is 0 Å². The number of carbonyl (C=O) groups is 1. The van der Waals surface area contributed by atoms with Gasteiger partial charge in [-0.2, -0.15) is 0 Å². The maximum Gasteiger partial charge on any atom is 0.224 e. The lowest BCUT2D eigenvalue weighted by atomic mass is 9.71. The molecule has 0 saturated carbocycles. The summed E-state index contributed by atoms with van der Waals surface area (Å²) in [6, 6.07) is 7.70. The lowest BCUT2D eigenvalue weighted by molar-refractivity contribution is -0.147. The van der Waals surface area contributed by atoms with Gasteiger partial charge in [-0.15, -0.1) is 0 Å². The van der Waals surface area contributed by atoms with Crippen LogP contribution >= 0.6 is 0 Å². The molecule has 2 heterocycles. The van der Waals surface area contributed by atoms with Gasteiger partial charge in [0.1, 0.15) is 12.4 Å². The Morgan fingerprint density at radius 1 is 1.28 bits per heavy atom. The second-order valence-corrected chi connectivity index (χ2v) is 7.80. The van der Waals surface area contributed by atoms with Gasteiger partial charge < -0.3 is 19.7 Å². The molecule has 0 spiro atoms. The first-order valence-electron chi connectivity index (χ1n) is 8.80. The molecule has 0 bridgehead atoms. The first-order chi connectivity index (χ1) is 11.7. The average molecular weight is 345 g/mol. The number of para-hydroxylation sites is 2. The molecule has 0 unspecified atom stereocenters. The normalized spacial score (nSPS) is 23.2. The number of piperidine rings is 1. The van der Waals surface area contributed by atoms with Crippen molar-refractivity contribution in [3.63, 3.8) is 0 Å². The zero-order chi connectivity index (χ0) is 18.2. The van der Waals surface area contributed by atoms with E-state index in [1.165, 1.54) is 0 Å². The summed E-state index contributed by atoms with van der Waals surface area (Å²) in [7, 11) is 0. The number of aromatic nitrogens is 2. The minimum Gasteiger partial charge on any atom is -0.389 e. The quantitative estimate of drug-likeness (QED) is 0.887. The van der Waals surface area contributed by atoms with Crippen molar-refractivity contribution in [2.45, 2.75) is 52.4 Å². The van der Waals surface area contributed by atoms with E-state index in [4.69, 9.17) is 0 Å². The van der Waals surface area contributed by atoms with Gasteiger partial charge >= 0.3 is 0 Å². The lowest BCUT2D eigenvalue weighted by Crippen LogP contribution is -2.57. The molecule has 1 amide bonds. The van der Waals surface area contributed by atoms with Crippen LogP contribution in [0.1, 0.15) is 39.4 Å². The Morgan fingerprint density at radius 3 is 2.68 bits per heavy atom. The zero-order valence-corrected chi connectivity index (χ0v) is 15.2. The monoisotopic (exact) mass is 345 g/mol. The van der Waals surface area contributed by atoms with Crippen LogP contribution in [0.4, 0.5) is 0 Å². The number of likely N-dealkylation sites (tertiary alicyclic amines) is 1. The molecule has 0 aliphatic carbocycles. The van der Waals surface area contributed by atoms with Crippen LogP contribution in [0.15, 0.2) is 24.3 Å². The third kappa shape index (κ3) is 3.28. The molecule has 1 aromatic heterocycles. The summed E-state index contributed by atoms with van der Waals surface area (Å²) >= 11 is 0. The molecule has 25 heavy (non-hydrogen) atoms. The molecule has 3 rings (SSSR count). The van der Waals surface area contributed by atoms with Gasteiger partial charge in [0.25, 0.3) is 0 Å². The molecule has 136 valence electrons. The van der Waals surface area contributed by atoms with Crippen LogP contribution in [0.25, 0.3) is 11.0 Å². The van der Waals surface area contributed by atoms with E-state index in [9.17, 15) is 15.0 Å².